The number of carboxylic acids is 4. The molecule has 30 heteroatoms. The van der Waals surface area contributed by atoms with Crippen molar-refractivity contribution in [3.63, 3.8) is 0 Å². The molecule has 0 atom stereocenters. The van der Waals surface area contributed by atoms with Gasteiger partial charge in [-0.05, 0) is 279 Å². The number of nitrogens with two attached hydrogens (primary N) is 1. The molecule has 0 spiro atoms. The number of benzene rings is 8. The molecule has 0 heterocycles. The molecule has 0 aliphatic heterocycles. The van der Waals surface area contributed by atoms with Crippen LogP contribution in [0.25, 0.3) is 0 Å². The second-order valence-corrected chi connectivity index (χ2v) is 39.6. The molecule has 7 N–H and O–H groups in total. The highest BCUT2D eigenvalue weighted by atomic mass is 32.2. The molecule has 24 nitrogen and oxygen atoms in total. The number of nitrogen functional groups attached to an aromatic ring is 1. The number of hydrogen-bond donors (Lipinski definition) is 6. The summed E-state index contributed by atoms with van der Waals surface area (Å²) in [5.41, 5.74) is 13.4. The Kier molecular flexibility index (Phi) is 33.9. The monoisotopic (exact) mass is 1720 g/mol. The number of aliphatic carboxylic acids is 4. The van der Waals surface area contributed by atoms with Gasteiger partial charge in [-0.2, -0.15) is 22.5 Å². The van der Waals surface area contributed by atoms with Crippen molar-refractivity contribution in [2.24, 2.45) is 47.3 Å². The molecule has 4 aliphatic carbocycles. The number of carbonyl (C=O) groups is 5. The molecule has 12 rings (SSSR count). The van der Waals surface area contributed by atoms with Crippen LogP contribution in [0.2, 0.25) is 0 Å². The number of rotatable bonds is 29. The number of sulfonamides is 4. The van der Waals surface area contributed by atoms with Crippen molar-refractivity contribution in [2.75, 3.05) is 37.2 Å². The van der Waals surface area contributed by atoms with Gasteiger partial charge in [-0.15, -0.1) is 0 Å². The van der Waals surface area contributed by atoms with Gasteiger partial charge in [0.15, 0.2) is 0 Å². The number of amides is 1. The van der Waals surface area contributed by atoms with Gasteiger partial charge in [0.2, 0.25) is 46.0 Å². The summed E-state index contributed by atoms with van der Waals surface area (Å²) in [6, 6.07) is 54.1. The molecular weight excluding hydrogens is 1620 g/mol. The van der Waals surface area contributed by atoms with E-state index in [-0.39, 0.29) is 106 Å². The maximum absolute atomic E-state index is 13.5. The molecule has 8 aromatic rings. The van der Waals surface area contributed by atoms with Gasteiger partial charge in [-0.1, -0.05) is 102 Å². The molecule has 4 fully saturated rings. The van der Waals surface area contributed by atoms with Crippen LogP contribution in [-0.4, -0.2) is 127 Å². The lowest BCUT2D eigenvalue weighted by molar-refractivity contribution is -0.144. The van der Waals surface area contributed by atoms with Crippen LogP contribution in [-0.2, 0) is 90.2 Å². The topological polar surface area (TPSA) is 378 Å². The number of nitrogens with one attached hydrogen (secondary N) is 1. The first-order valence-corrected chi connectivity index (χ1v) is 46.0. The fourth-order valence-electron chi connectivity index (χ4n) is 15.5. The highest BCUT2D eigenvalue weighted by Crippen LogP contribution is 2.37. The Labute approximate surface area is 703 Å². The number of anilines is 2. The molecule has 0 bridgehead atoms. The maximum Gasteiger partial charge on any atom is 0.306 e. The first kappa shape index (κ1) is 93.8. The first-order valence-electron chi connectivity index (χ1n) is 40.3. The summed E-state index contributed by atoms with van der Waals surface area (Å²) >= 11 is 0. The predicted octanol–water partition coefficient (Wildman–Crippen LogP) is 15.7. The summed E-state index contributed by atoms with van der Waals surface area (Å²) < 4.78 is 139. The SMILES string of the molecule is CC(=O)Nc1ccc(S(=O)(=O)N(Cc2ccc(F)cc2)CC2CCC(C(=O)O)CC2)cc1.Cc1ccc(CN(CC2CCC(C(=O)O)CC2)S(=O)(=O)c2ccc(C)cc2)cc1.Cc1ccc(S(=O)(=O)N(Cc2ccc(C#N)cc2)CC2CCC(C(=O)O)CC2)cc1.Nc1ccc(S(=O)(=O)N(Cc2ccc(F)cc2)CC2CCC(C(=O)O)CC2)cc1. The van der Waals surface area contributed by atoms with E-state index in [2.05, 4.69) is 11.4 Å². The Bertz CT molecular complexity index is 5100. The molecule has 8 aromatic carbocycles. The highest BCUT2D eigenvalue weighted by Gasteiger charge is 2.37. The lowest BCUT2D eigenvalue weighted by Crippen LogP contribution is -2.36. The van der Waals surface area contributed by atoms with E-state index >= 15 is 0 Å². The average molecular weight is 1730 g/mol. The van der Waals surface area contributed by atoms with E-state index in [1.807, 2.05) is 57.2 Å². The number of hydrogen-bond acceptors (Lipinski definition) is 15. The van der Waals surface area contributed by atoms with Gasteiger partial charge < -0.3 is 31.5 Å². The van der Waals surface area contributed by atoms with Gasteiger partial charge in [-0.3, -0.25) is 24.0 Å². The Morgan fingerprint density at radius 3 is 0.808 bits per heavy atom. The molecule has 0 unspecified atom stereocenters. The third-order valence-electron chi connectivity index (χ3n) is 22.7. The molecule has 642 valence electrons. The molecule has 0 aromatic heterocycles. The van der Waals surface area contributed by atoms with E-state index < -0.39 is 69.8 Å². The Balaban J connectivity index is 0.000000182. The highest BCUT2D eigenvalue weighted by molar-refractivity contribution is 7.90. The van der Waals surface area contributed by atoms with Crippen molar-refractivity contribution in [1.29, 1.82) is 5.26 Å². The van der Waals surface area contributed by atoms with Gasteiger partial charge in [0.25, 0.3) is 0 Å². The minimum Gasteiger partial charge on any atom is -0.481 e. The van der Waals surface area contributed by atoms with E-state index in [9.17, 15) is 86.9 Å². The third kappa shape index (κ3) is 27.5. The fourth-order valence-corrected chi connectivity index (χ4v) is 21.5. The van der Waals surface area contributed by atoms with Crippen LogP contribution in [0.3, 0.4) is 0 Å². The Hall–Kier alpha value is -10.1. The quantitative estimate of drug-likeness (QED) is 0.0237. The molecule has 4 aliphatic rings. The van der Waals surface area contributed by atoms with Crippen molar-refractivity contribution in [1.82, 2.24) is 17.2 Å². The second kappa shape index (κ2) is 43.4. The zero-order valence-electron chi connectivity index (χ0n) is 67.9. The Morgan fingerprint density at radius 1 is 0.358 bits per heavy atom. The van der Waals surface area contributed by atoms with E-state index in [1.54, 1.807) is 101 Å². The van der Waals surface area contributed by atoms with Crippen molar-refractivity contribution in [2.45, 2.75) is 176 Å². The maximum atomic E-state index is 13.5. The number of carboxylic acid groups (broad SMARTS) is 4. The van der Waals surface area contributed by atoms with Crippen LogP contribution in [0.4, 0.5) is 20.2 Å². The van der Waals surface area contributed by atoms with E-state index in [0.717, 1.165) is 40.7 Å². The Morgan fingerprint density at radius 2 is 0.575 bits per heavy atom. The molecular formula is C90H107F2N7O17S4. The van der Waals surface area contributed by atoms with E-state index in [4.69, 9.17) is 11.0 Å². The second-order valence-electron chi connectivity index (χ2n) is 31.9. The predicted molar refractivity (Wildman–Crippen MR) is 452 cm³/mol. The summed E-state index contributed by atoms with van der Waals surface area (Å²) in [6.07, 6.45) is 9.99. The van der Waals surface area contributed by atoms with Gasteiger partial charge in [0.1, 0.15) is 11.6 Å². The van der Waals surface area contributed by atoms with Gasteiger partial charge in [-0.25, -0.2) is 42.5 Å². The lowest BCUT2D eigenvalue weighted by atomic mass is 9.82. The number of aryl methyl sites for hydroxylation is 3. The summed E-state index contributed by atoms with van der Waals surface area (Å²) in [5.74, 6) is -5.09. The van der Waals surface area contributed by atoms with Crippen LogP contribution in [0, 0.1) is 91.1 Å². The first-order chi connectivity index (χ1) is 56.9. The van der Waals surface area contributed by atoms with E-state index in [0.29, 0.717) is 142 Å². The normalized spacial score (nSPS) is 19.5. The number of halogens is 2. The number of carbonyl (C=O) groups excluding carboxylic acids is 1. The zero-order chi connectivity index (χ0) is 87.1. The van der Waals surface area contributed by atoms with Crippen LogP contribution < -0.4 is 11.1 Å². The molecule has 0 saturated heterocycles. The summed E-state index contributed by atoms with van der Waals surface area (Å²) in [7, 11) is -15.0. The minimum atomic E-state index is -3.87. The van der Waals surface area contributed by atoms with Gasteiger partial charge >= 0.3 is 23.9 Å². The minimum absolute atomic E-state index is 0.0412. The van der Waals surface area contributed by atoms with Crippen LogP contribution in [0.15, 0.2) is 214 Å². The van der Waals surface area contributed by atoms with Crippen molar-refractivity contribution in [3.05, 3.63) is 250 Å². The lowest BCUT2D eigenvalue weighted by Gasteiger charge is -2.31. The molecule has 120 heavy (non-hydrogen) atoms. The summed E-state index contributed by atoms with van der Waals surface area (Å²) in [5, 5.41) is 48.4. The largest absolute Gasteiger partial charge is 0.481 e. The van der Waals surface area contributed by atoms with Crippen LogP contribution in [0.5, 0.6) is 0 Å². The molecule has 4 saturated carbocycles. The van der Waals surface area contributed by atoms with E-state index in [1.165, 1.54) is 80.5 Å². The van der Waals surface area contributed by atoms with Crippen LogP contribution in [0.1, 0.15) is 154 Å². The van der Waals surface area contributed by atoms with Crippen LogP contribution >= 0.6 is 0 Å². The zero-order valence-corrected chi connectivity index (χ0v) is 71.1. The summed E-state index contributed by atoms with van der Waals surface area (Å²) in [6.45, 7) is 9.23. The van der Waals surface area contributed by atoms with Gasteiger partial charge in [0.05, 0.1) is 54.9 Å². The molecule has 1 amide bonds. The van der Waals surface area contributed by atoms with Gasteiger partial charge in [0, 0.05) is 70.7 Å². The fraction of sp³-hybridized carbons (Fsp3) is 0.400. The third-order valence-corrected chi connectivity index (χ3v) is 30.0. The smallest absolute Gasteiger partial charge is 0.306 e. The standard InChI is InChI=1S/C23H27FN2O5S.C23H26N2O4S.C23H29NO4S.C21H25FN2O4S/c1-16(27)25-21-10-12-22(13-11-21)32(30,31)26(15-18-4-8-20(24)9-5-18)14-17-2-6-19(7-3-17)23(28)29;1-17-2-12-22(13-3-17)30(28,29)25(15-19-6-4-18(14-24)5-7-19)16-20-8-10-21(11-9-20)23(26)27;1-17-3-7-19(8-4-17)15-24(16-20-9-11-21(12-10-20)23(25)26)29(27,28)22-13-5-18(2)6-14-22;22-18-7-3-16(4-8-18)14-24(13-15-1-5-17(6-2-15)21(25)26)29(27,28)20-11-9-19(23)10-12-20/h4-5,8-13,17,19H,2-3,6-7,14-15H2,1H3,(H,25,27)(H,28,29);2-7,12-13,20-21H,8-11,15-16H2,1H3,(H,26,27);3-8,13-14,20-21H,9-12,15-16H2,1-2H3,(H,25,26);3-4,7-12,15,17H,1-2,5-6,13-14,23H2,(H,25,26). The average Bonchev–Trinajstić information content (AvgIpc) is 0.811. The number of nitrogens with zero attached hydrogens (tertiary/aromatic N) is 5. The molecule has 0 radical (unpaired) electrons. The van der Waals surface area contributed by atoms with Crippen molar-refractivity contribution in [3.8, 4) is 6.07 Å². The van der Waals surface area contributed by atoms with Crippen molar-refractivity contribution < 1.29 is 86.9 Å². The number of nitriles is 1. The summed E-state index contributed by atoms with van der Waals surface area (Å²) in [4.78, 5) is 56.8. The van der Waals surface area contributed by atoms with Crippen molar-refractivity contribution >= 4 is 81.3 Å².